The van der Waals surface area contributed by atoms with Crippen molar-refractivity contribution in [2.45, 2.75) is 32.2 Å². The van der Waals surface area contributed by atoms with Crippen LogP contribution >= 0.6 is 15.9 Å². The molecule has 3 aromatic rings. The number of benzene rings is 1. The minimum absolute atomic E-state index is 0.110. The molecule has 3 rings (SSSR count). The standard InChI is InChI=1S/C17H19BrN2O/c18-11-5-1-2-6-12-20-15-9-4-3-8-14(15)19-13-7-10-16(19)17(20)21/h3-4,7-10,13H,1-2,5-6,11-12H2. The van der Waals surface area contributed by atoms with Crippen molar-refractivity contribution >= 4 is 32.5 Å². The molecule has 3 nitrogen and oxygen atoms in total. The molecule has 1 aromatic carbocycles. The maximum absolute atomic E-state index is 12.7. The lowest BCUT2D eigenvalue weighted by Gasteiger charge is -2.12. The molecule has 0 aliphatic heterocycles. The quantitative estimate of drug-likeness (QED) is 0.485. The molecule has 2 aromatic heterocycles. The smallest absolute Gasteiger partial charge is 0.275 e. The maximum atomic E-state index is 12.7. The summed E-state index contributed by atoms with van der Waals surface area (Å²) in [4.78, 5) is 12.7. The minimum atomic E-state index is 0.110. The Morgan fingerprint density at radius 3 is 2.38 bits per heavy atom. The van der Waals surface area contributed by atoms with Gasteiger partial charge in [0.2, 0.25) is 0 Å². The van der Waals surface area contributed by atoms with Crippen LogP contribution in [0.3, 0.4) is 0 Å². The van der Waals surface area contributed by atoms with Crippen molar-refractivity contribution in [2.75, 3.05) is 5.33 Å². The number of rotatable bonds is 6. The number of aromatic nitrogens is 2. The minimum Gasteiger partial charge on any atom is -0.310 e. The summed E-state index contributed by atoms with van der Waals surface area (Å²) < 4.78 is 3.91. The first-order valence-electron chi connectivity index (χ1n) is 7.47. The Kier molecular flexibility index (Phi) is 4.44. The van der Waals surface area contributed by atoms with Gasteiger partial charge in [-0.1, -0.05) is 40.9 Å². The van der Waals surface area contributed by atoms with Crippen LogP contribution in [-0.2, 0) is 6.54 Å². The number of unbranched alkanes of at least 4 members (excludes halogenated alkanes) is 3. The molecule has 110 valence electrons. The monoisotopic (exact) mass is 346 g/mol. The largest absolute Gasteiger partial charge is 0.310 e. The number of halogens is 1. The molecular formula is C17H19BrN2O. The molecule has 0 spiro atoms. The molecule has 0 aliphatic rings. The van der Waals surface area contributed by atoms with Crippen molar-refractivity contribution in [3.8, 4) is 0 Å². The van der Waals surface area contributed by atoms with Crippen LogP contribution in [0.15, 0.2) is 47.4 Å². The predicted molar refractivity (Wildman–Crippen MR) is 91.4 cm³/mol. The lowest BCUT2D eigenvalue weighted by molar-refractivity contribution is 0.585. The fourth-order valence-electron chi connectivity index (χ4n) is 2.85. The molecule has 0 saturated carbocycles. The second-order valence-corrected chi connectivity index (χ2v) is 6.11. The number of nitrogens with zero attached hydrogens (tertiary/aromatic N) is 2. The summed E-state index contributed by atoms with van der Waals surface area (Å²) in [6.45, 7) is 0.795. The van der Waals surface area contributed by atoms with Crippen LogP contribution in [0.1, 0.15) is 25.7 Å². The van der Waals surface area contributed by atoms with Gasteiger partial charge < -0.3 is 8.97 Å². The summed E-state index contributed by atoms with van der Waals surface area (Å²) in [6, 6.07) is 12.0. The van der Waals surface area contributed by atoms with E-state index in [-0.39, 0.29) is 5.56 Å². The summed E-state index contributed by atoms with van der Waals surface area (Å²) in [5.74, 6) is 0. The van der Waals surface area contributed by atoms with Crippen molar-refractivity contribution < 1.29 is 0 Å². The highest BCUT2D eigenvalue weighted by Gasteiger charge is 2.09. The van der Waals surface area contributed by atoms with E-state index in [1.165, 1.54) is 19.3 Å². The lowest BCUT2D eigenvalue weighted by Crippen LogP contribution is -2.22. The molecule has 2 heterocycles. The van der Waals surface area contributed by atoms with Crippen LogP contribution in [-0.4, -0.2) is 14.3 Å². The molecule has 0 saturated heterocycles. The van der Waals surface area contributed by atoms with E-state index in [9.17, 15) is 4.79 Å². The Hall–Kier alpha value is -1.55. The molecule has 0 bridgehead atoms. The zero-order valence-corrected chi connectivity index (χ0v) is 13.6. The SMILES string of the molecule is O=c1c2cccn2c2ccccc2n1CCCCCCBr. The summed E-state index contributed by atoms with van der Waals surface area (Å²) >= 11 is 3.46. The summed E-state index contributed by atoms with van der Waals surface area (Å²) in [6.07, 6.45) is 6.59. The van der Waals surface area contributed by atoms with Crippen molar-refractivity contribution in [1.82, 2.24) is 8.97 Å². The van der Waals surface area contributed by atoms with Gasteiger partial charge in [0, 0.05) is 18.1 Å². The van der Waals surface area contributed by atoms with E-state index < -0.39 is 0 Å². The second-order valence-electron chi connectivity index (χ2n) is 5.31. The first-order valence-corrected chi connectivity index (χ1v) is 8.59. The molecule has 0 N–H and O–H groups in total. The second kappa shape index (κ2) is 6.48. The van der Waals surface area contributed by atoms with Crippen LogP contribution in [0.25, 0.3) is 16.6 Å². The average Bonchev–Trinajstić information content (AvgIpc) is 3.00. The molecule has 0 aliphatic carbocycles. The van der Waals surface area contributed by atoms with Crippen molar-refractivity contribution in [2.24, 2.45) is 0 Å². The predicted octanol–water partition coefficient (Wildman–Crippen LogP) is 4.21. The first kappa shape index (κ1) is 14.4. The van der Waals surface area contributed by atoms with Gasteiger partial charge in [-0.15, -0.1) is 0 Å². The Morgan fingerprint density at radius 2 is 1.57 bits per heavy atom. The van der Waals surface area contributed by atoms with Gasteiger partial charge in [-0.3, -0.25) is 4.79 Å². The number of para-hydroxylation sites is 2. The van der Waals surface area contributed by atoms with Gasteiger partial charge in [-0.25, -0.2) is 0 Å². The molecule has 0 amide bonds. The Morgan fingerprint density at radius 1 is 0.857 bits per heavy atom. The molecule has 4 heteroatoms. The highest BCUT2D eigenvalue weighted by molar-refractivity contribution is 9.09. The normalized spacial score (nSPS) is 11.5. The van der Waals surface area contributed by atoms with Gasteiger partial charge in [-0.05, 0) is 37.1 Å². The van der Waals surface area contributed by atoms with Crippen molar-refractivity contribution in [1.29, 1.82) is 0 Å². The summed E-state index contributed by atoms with van der Waals surface area (Å²) in [7, 11) is 0. The highest BCUT2D eigenvalue weighted by Crippen LogP contribution is 2.15. The number of alkyl halides is 1. The molecular weight excluding hydrogens is 328 g/mol. The molecule has 0 atom stereocenters. The maximum Gasteiger partial charge on any atom is 0.275 e. The van der Waals surface area contributed by atoms with E-state index in [0.29, 0.717) is 0 Å². The topological polar surface area (TPSA) is 26.4 Å². The van der Waals surface area contributed by atoms with E-state index in [2.05, 4.69) is 22.0 Å². The van der Waals surface area contributed by atoms with Crippen LogP contribution in [0.4, 0.5) is 0 Å². The lowest BCUT2D eigenvalue weighted by atomic mass is 10.2. The van der Waals surface area contributed by atoms with E-state index in [1.807, 2.05) is 45.5 Å². The Bertz CT molecular complexity index is 803. The fourth-order valence-corrected chi connectivity index (χ4v) is 3.25. The van der Waals surface area contributed by atoms with Crippen molar-refractivity contribution in [3.63, 3.8) is 0 Å². The van der Waals surface area contributed by atoms with E-state index in [4.69, 9.17) is 0 Å². The zero-order chi connectivity index (χ0) is 14.7. The first-order chi connectivity index (χ1) is 10.3. The fraction of sp³-hybridized carbons (Fsp3) is 0.353. The number of fused-ring (bicyclic) bond motifs is 3. The number of aryl methyl sites for hydroxylation is 1. The van der Waals surface area contributed by atoms with Crippen LogP contribution in [0.2, 0.25) is 0 Å². The zero-order valence-electron chi connectivity index (χ0n) is 12.0. The highest BCUT2D eigenvalue weighted by atomic mass is 79.9. The third-order valence-corrected chi connectivity index (χ3v) is 4.47. The van der Waals surface area contributed by atoms with Crippen LogP contribution in [0, 0.1) is 0 Å². The summed E-state index contributed by atoms with van der Waals surface area (Å²) in [5.41, 5.74) is 2.98. The third kappa shape index (κ3) is 2.77. The molecule has 0 radical (unpaired) electrons. The number of hydrogen-bond donors (Lipinski definition) is 0. The van der Waals surface area contributed by atoms with Crippen LogP contribution in [0.5, 0.6) is 0 Å². The van der Waals surface area contributed by atoms with Gasteiger partial charge >= 0.3 is 0 Å². The summed E-state index contributed by atoms with van der Waals surface area (Å²) in [5, 5.41) is 1.06. The molecule has 0 unspecified atom stereocenters. The Balaban J connectivity index is 1.99. The van der Waals surface area contributed by atoms with Gasteiger partial charge in [0.15, 0.2) is 0 Å². The van der Waals surface area contributed by atoms with Gasteiger partial charge in [0.05, 0.1) is 11.0 Å². The van der Waals surface area contributed by atoms with Gasteiger partial charge in [0.1, 0.15) is 5.52 Å². The van der Waals surface area contributed by atoms with E-state index in [0.717, 1.165) is 34.8 Å². The van der Waals surface area contributed by atoms with Crippen LogP contribution < -0.4 is 5.56 Å². The van der Waals surface area contributed by atoms with E-state index >= 15 is 0 Å². The van der Waals surface area contributed by atoms with Gasteiger partial charge in [0.25, 0.3) is 5.56 Å². The molecule has 21 heavy (non-hydrogen) atoms. The average molecular weight is 347 g/mol. The number of hydrogen-bond acceptors (Lipinski definition) is 1. The molecule has 0 fully saturated rings. The van der Waals surface area contributed by atoms with Gasteiger partial charge in [-0.2, -0.15) is 0 Å². The Labute approximate surface area is 132 Å². The third-order valence-electron chi connectivity index (χ3n) is 3.91. The van der Waals surface area contributed by atoms with E-state index in [1.54, 1.807) is 0 Å². The van der Waals surface area contributed by atoms with Crippen molar-refractivity contribution in [3.05, 3.63) is 52.9 Å².